The highest BCUT2D eigenvalue weighted by Gasteiger charge is 2.53. The first-order valence-electron chi connectivity index (χ1n) is 6.18. The van der Waals surface area contributed by atoms with Crippen molar-refractivity contribution in [3.8, 4) is 0 Å². The Morgan fingerprint density at radius 2 is 0.923 bits per heavy atom. The normalized spacial score (nSPS) is 64.4. The van der Waals surface area contributed by atoms with E-state index in [1.807, 2.05) is 0 Å². The van der Waals surface area contributed by atoms with Gasteiger partial charge in [0.25, 0.3) is 0 Å². The molecule has 0 radical (unpaired) electrons. The third-order valence-electron chi connectivity index (χ3n) is 5.87. The predicted octanol–water partition coefficient (Wildman–Crippen LogP) is 3.57. The van der Waals surface area contributed by atoms with Crippen LogP contribution in [0.5, 0.6) is 0 Å². The van der Waals surface area contributed by atoms with Gasteiger partial charge in [0.15, 0.2) is 0 Å². The minimum atomic E-state index is 1.04. The fourth-order valence-corrected chi connectivity index (χ4v) is 5.12. The highest BCUT2D eigenvalue weighted by Crippen LogP contribution is 2.61. The maximum atomic E-state index is 2.53. The van der Waals surface area contributed by atoms with Crippen LogP contribution in [0.3, 0.4) is 0 Å². The van der Waals surface area contributed by atoms with Crippen molar-refractivity contribution in [2.24, 2.45) is 41.4 Å². The van der Waals surface area contributed by atoms with Gasteiger partial charge in [-0.2, -0.15) is 0 Å². The molecule has 0 heterocycles. The molecule has 4 aliphatic rings. The molecule has 0 spiro atoms. The summed E-state index contributed by atoms with van der Waals surface area (Å²) in [5.41, 5.74) is 0. The molecule has 0 unspecified atom stereocenters. The summed E-state index contributed by atoms with van der Waals surface area (Å²) in [7, 11) is 0. The van der Waals surface area contributed by atoms with E-state index in [1.165, 1.54) is 0 Å². The fourth-order valence-electron chi connectivity index (χ4n) is 5.12. The van der Waals surface area contributed by atoms with Gasteiger partial charge in [-0.3, -0.25) is 0 Å². The molecule has 4 aliphatic carbocycles. The Labute approximate surface area is 82.1 Å². The average molecular weight is 178 g/mol. The maximum absolute atomic E-state index is 2.53. The average Bonchev–Trinajstić information content (AvgIpc) is 2.12. The first-order chi connectivity index (χ1) is 6.18. The van der Waals surface area contributed by atoms with Crippen LogP contribution in [0.25, 0.3) is 0 Å². The Morgan fingerprint density at radius 3 is 1.23 bits per heavy atom. The van der Waals surface area contributed by atoms with Crippen LogP contribution in [0.2, 0.25) is 0 Å². The van der Waals surface area contributed by atoms with E-state index in [0.717, 1.165) is 41.4 Å². The molecule has 13 heavy (non-hydrogen) atoms. The van der Waals surface area contributed by atoms with Crippen molar-refractivity contribution in [3.63, 3.8) is 0 Å². The van der Waals surface area contributed by atoms with Crippen LogP contribution in [-0.2, 0) is 0 Å². The largest absolute Gasteiger partial charge is 0.0620 e. The molecule has 0 N–H and O–H groups in total. The number of hydrogen-bond acceptors (Lipinski definition) is 0. The van der Waals surface area contributed by atoms with Gasteiger partial charge >= 0.3 is 0 Å². The van der Waals surface area contributed by atoms with Crippen LogP contribution in [0.4, 0.5) is 0 Å². The lowest BCUT2D eigenvalue weighted by molar-refractivity contribution is -0.111. The Bertz CT molecular complexity index is 170. The van der Waals surface area contributed by atoms with Gasteiger partial charge in [0, 0.05) is 0 Å². The highest BCUT2D eigenvalue weighted by atomic mass is 14.6. The molecule has 4 saturated carbocycles. The topological polar surface area (TPSA) is 0 Å². The summed E-state index contributed by atoms with van der Waals surface area (Å²) >= 11 is 0. The smallest absolute Gasteiger partial charge is 0.0355 e. The quantitative estimate of drug-likeness (QED) is 0.532. The van der Waals surface area contributed by atoms with Crippen molar-refractivity contribution < 1.29 is 0 Å². The van der Waals surface area contributed by atoms with Gasteiger partial charge in [-0.1, -0.05) is 20.8 Å². The van der Waals surface area contributed by atoms with Gasteiger partial charge in [-0.05, 0) is 60.7 Å². The molecule has 0 nitrogen and oxygen atoms in total. The second-order valence-corrected chi connectivity index (χ2v) is 6.14. The summed E-state index contributed by atoms with van der Waals surface area (Å²) in [6, 6.07) is 0. The summed E-state index contributed by atoms with van der Waals surface area (Å²) in [4.78, 5) is 0. The summed E-state index contributed by atoms with van der Waals surface area (Å²) < 4.78 is 0. The zero-order chi connectivity index (χ0) is 9.16. The molecule has 0 aliphatic heterocycles. The van der Waals surface area contributed by atoms with E-state index >= 15 is 0 Å². The molecule has 4 rings (SSSR count). The molecule has 4 fully saturated rings. The van der Waals surface area contributed by atoms with E-state index in [2.05, 4.69) is 20.8 Å². The molecule has 0 saturated heterocycles. The van der Waals surface area contributed by atoms with E-state index in [-0.39, 0.29) is 0 Å². The second-order valence-electron chi connectivity index (χ2n) is 6.14. The van der Waals surface area contributed by atoms with E-state index in [9.17, 15) is 0 Å². The van der Waals surface area contributed by atoms with Crippen molar-refractivity contribution in [1.82, 2.24) is 0 Å². The Balaban J connectivity index is 1.97. The lowest BCUT2D eigenvalue weighted by Gasteiger charge is -2.60. The zero-order valence-corrected chi connectivity index (χ0v) is 9.16. The Morgan fingerprint density at radius 1 is 0.615 bits per heavy atom. The third-order valence-corrected chi connectivity index (χ3v) is 5.87. The molecule has 74 valence electrons. The lowest BCUT2D eigenvalue weighted by Crippen LogP contribution is -2.53. The van der Waals surface area contributed by atoms with E-state index in [0.29, 0.717) is 0 Å². The maximum Gasteiger partial charge on any atom is -0.0355 e. The van der Waals surface area contributed by atoms with Crippen molar-refractivity contribution in [2.45, 2.75) is 40.0 Å². The van der Waals surface area contributed by atoms with E-state index in [1.54, 1.807) is 19.3 Å². The first-order valence-corrected chi connectivity index (χ1v) is 6.18. The van der Waals surface area contributed by atoms with Gasteiger partial charge in [-0.15, -0.1) is 0 Å². The first kappa shape index (κ1) is 8.32. The molecule has 0 aromatic carbocycles. The summed E-state index contributed by atoms with van der Waals surface area (Å²) in [5.74, 6) is 7.54. The highest BCUT2D eigenvalue weighted by molar-refractivity contribution is 5.02. The number of rotatable bonds is 0. The minimum Gasteiger partial charge on any atom is -0.0620 e. The van der Waals surface area contributed by atoms with Crippen molar-refractivity contribution in [2.75, 3.05) is 0 Å². The minimum absolute atomic E-state index is 1.04. The monoisotopic (exact) mass is 178 g/mol. The van der Waals surface area contributed by atoms with Crippen LogP contribution in [0.1, 0.15) is 40.0 Å². The predicted molar refractivity (Wildman–Crippen MR) is 55.3 cm³/mol. The number of hydrogen-bond donors (Lipinski definition) is 0. The van der Waals surface area contributed by atoms with Crippen LogP contribution in [0.15, 0.2) is 0 Å². The Hall–Kier alpha value is 0. The summed E-state index contributed by atoms with van der Waals surface area (Å²) in [6.07, 6.45) is 4.71. The van der Waals surface area contributed by atoms with Crippen LogP contribution < -0.4 is 0 Å². The SMILES string of the molecule is CC1C2CC3CC1C(C)C(C3)C2C. The van der Waals surface area contributed by atoms with Crippen LogP contribution >= 0.6 is 0 Å². The van der Waals surface area contributed by atoms with Crippen LogP contribution in [0, 0.1) is 41.4 Å². The molecule has 4 bridgehead atoms. The fraction of sp³-hybridized carbons (Fsp3) is 1.00. The van der Waals surface area contributed by atoms with Crippen LogP contribution in [-0.4, -0.2) is 0 Å². The summed E-state index contributed by atoms with van der Waals surface area (Å²) in [6.45, 7) is 7.58. The van der Waals surface area contributed by atoms with Crippen molar-refractivity contribution >= 4 is 0 Å². The summed E-state index contributed by atoms with van der Waals surface area (Å²) in [5, 5.41) is 0. The van der Waals surface area contributed by atoms with Gasteiger partial charge in [0.2, 0.25) is 0 Å². The second kappa shape index (κ2) is 2.52. The van der Waals surface area contributed by atoms with E-state index in [4.69, 9.17) is 0 Å². The van der Waals surface area contributed by atoms with E-state index < -0.39 is 0 Å². The van der Waals surface area contributed by atoms with Gasteiger partial charge in [0.05, 0.1) is 0 Å². The molecular formula is C13H22. The van der Waals surface area contributed by atoms with Gasteiger partial charge in [0.1, 0.15) is 0 Å². The zero-order valence-electron chi connectivity index (χ0n) is 9.16. The molecule has 0 atom stereocenters. The molecule has 0 aromatic rings. The molecule has 0 heteroatoms. The van der Waals surface area contributed by atoms with Gasteiger partial charge < -0.3 is 0 Å². The standard InChI is InChI=1S/C13H22/c1-7-11-4-10-5-12(7)9(3)13(6-10)8(11)2/h7-13H,4-6H2,1-3H3. The third kappa shape index (κ3) is 0.926. The van der Waals surface area contributed by atoms with Crippen molar-refractivity contribution in [1.29, 1.82) is 0 Å². The van der Waals surface area contributed by atoms with Crippen molar-refractivity contribution in [3.05, 3.63) is 0 Å². The molecule has 0 aromatic heterocycles. The lowest BCUT2D eigenvalue weighted by atomic mass is 9.45. The van der Waals surface area contributed by atoms with Gasteiger partial charge in [-0.25, -0.2) is 0 Å². The Kier molecular flexibility index (Phi) is 1.61. The molecule has 0 amide bonds. The molecular weight excluding hydrogens is 156 g/mol.